The van der Waals surface area contributed by atoms with Crippen LogP contribution in [0.2, 0.25) is 0 Å². The Kier molecular flexibility index (Phi) is 4.71. The number of aryl methyl sites for hydroxylation is 2. The van der Waals surface area contributed by atoms with Gasteiger partial charge < -0.3 is 5.11 Å². The van der Waals surface area contributed by atoms with E-state index in [1.807, 2.05) is 0 Å². The van der Waals surface area contributed by atoms with Crippen LogP contribution in [-0.4, -0.2) is 12.2 Å². The Morgan fingerprint density at radius 2 is 1.00 bits per heavy atom. The Balaban J connectivity index is 0.000000671. The SMILES string of the molecule is CO.Cc1cc(C)c(C)c(C)c1C. The van der Waals surface area contributed by atoms with E-state index in [1.165, 1.54) is 27.8 Å². The molecule has 1 aromatic rings. The van der Waals surface area contributed by atoms with Crippen LogP contribution >= 0.6 is 0 Å². The molecule has 1 nitrogen and oxygen atoms in total. The predicted octanol–water partition coefficient (Wildman–Crippen LogP) is 2.84. The lowest BCUT2D eigenvalue weighted by molar-refractivity contribution is 0.399. The van der Waals surface area contributed by atoms with Gasteiger partial charge >= 0.3 is 0 Å². The topological polar surface area (TPSA) is 20.2 Å². The molecule has 0 radical (unpaired) electrons. The summed E-state index contributed by atoms with van der Waals surface area (Å²) < 4.78 is 0. The zero-order chi connectivity index (χ0) is 10.6. The van der Waals surface area contributed by atoms with Crippen LogP contribution in [0.15, 0.2) is 6.07 Å². The van der Waals surface area contributed by atoms with Crippen molar-refractivity contribution in [3.8, 4) is 0 Å². The van der Waals surface area contributed by atoms with Gasteiger partial charge in [0.1, 0.15) is 0 Å². The van der Waals surface area contributed by atoms with Crippen molar-refractivity contribution in [3.63, 3.8) is 0 Å². The highest BCUT2D eigenvalue weighted by atomic mass is 16.2. The van der Waals surface area contributed by atoms with Crippen LogP contribution in [0.3, 0.4) is 0 Å². The van der Waals surface area contributed by atoms with Gasteiger partial charge in [0.15, 0.2) is 0 Å². The van der Waals surface area contributed by atoms with E-state index in [1.54, 1.807) is 0 Å². The second-order valence-electron chi connectivity index (χ2n) is 3.39. The van der Waals surface area contributed by atoms with Crippen molar-refractivity contribution in [1.82, 2.24) is 0 Å². The minimum atomic E-state index is 1.00. The minimum absolute atomic E-state index is 1.00. The highest BCUT2D eigenvalue weighted by molar-refractivity contribution is 5.42. The maximum atomic E-state index is 7.00. The van der Waals surface area contributed by atoms with Crippen molar-refractivity contribution in [3.05, 3.63) is 33.9 Å². The molecular weight excluding hydrogens is 160 g/mol. The van der Waals surface area contributed by atoms with Gasteiger partial charge in [-0.15, -0.1) is 0 Å². The lowest BCUT2D eigenvalue weighted by Crippen LogP contribution is -1.93. The van der Waals surface area contributed by atoms with Crippen LogP contribution in [0.25, 0.3) is 0 Å². The van der Waals surface area contributed by atoms with Gasteiger partial charge in [-0.25, -0.2) is 0 Å². The first-order valence-electron chi connectivity index (χ1n) is 4.52. The molecular formula is C12H20O. The standard InChI is InChI=1S/C11H16.CH4O/c1-7-6-8(2)10(4)11(5)9(7)3;1-2/h6H,1-5H3;2H,1H3. The smallest absolute Gasteiger partial charge is 0.0319 e. The fraction of sp³-hybridized carbons (Fsp3) is 0.500. The number of benzene rings is 1. The summed E-state index contributed by atoms with van der Waals surface area (Å²) in [5.74, 6) is 0. The first kappa shape index (κ1) is 12.2. The summed E-state index contributed by atoms with van der Waals surface area (Å²) in [6.07, 6.45) is 0. The minimum Gasteiger partial charge on any atom is -0.400 e. The molecule has 0 aliphatic carbocycles. The second-order valence-corrected chi connectivity index (χ2v) is 3.39. The Labute approximate surface area is 81.4 Å². The molecule has 0 aromatic heterocycles. The van der Waals surface area contributed by atoms with Gasteiger partial charge in [-0.1, -0.05) is 6.07 Å². The van der Waals surface area contributed by atoms with E-state index in [2.05, 4.69) is 40.7 Å². The summed E-state index contributed by atoms with van der Waals surface area (Å²) in [4.78, 5) is 0. The highest BCUT2D eigenvalue weighted by Crippen LogP contribution is 2.19. The lowest BCUT2D eigenvalue weighted by Gasteiger charge is -2.10. The molecule has 0 bridgehead atoms. The molecule has 0 aliphatic rings. The van der Waals surface area contributed by atoms with E-state index in [0.29, 0.717) is 0 Å². The predicted molar refractivity (Wildman–Crippen MR) is 58.3 cm³/mol. The molecule has 1 N–H and O–H groups in total. The average Bonchev–Trinajstić information content (AvgIpc) is 2.15. The third-order valence-corrected chi connectivity index (χ3v) is 2.74. The van der Waals surface area contributed by atoms with Crippen molar-refractivity contribution >= 4 is 0 Å². The van der Waals surface area contributed by atoms with Gasteiger partial charge in [0, 0.05) is 7.11 Å². The van der Waals surface area contributed by atoms with E-state index in [-0.39, 0.29) is 0 Å². The van der Waals surface area contributed by atoms with Crippen LogP contribution in [0.1, 0.15) is 27.8 Å². The molecule has 0 saturated heterocycles. The van der Waals surface area contributed by atoms with Gasteiger partial charge in [-0.2, -0.15) is 0 Å². The molecule has 0 unspecified atom stereocenters. The molecule has 0 aliphatic heterocycles. The first-order valence-corrected chi connectivity index (χ1v) is 4.52. The number of rotatable bonds is 0. The number of hydrogen-bond donors (Lipinski definition) is 1. The summed E-state index contributed by atoms with van der Waals surface area (Å²) in [6, 6.07) is 2.26. The fourth-order valence-corrected chi connectivity index (χ4v) is 1.41. The molecule has 74 valence electrons. The summed E-state index contributed by atoms with van der Waals surface area (Å²) in [5, 5.41) is 7.00. The van der Waals surface area contributed by atoms with Crippen LogP contribution < -0.4 is 0 Å². The molecule has 1 aromatic carbocycles. The first-order chi connectivity index (χ1) is 6.04. The molecule has 0 spiro atoms. The normalized spacial score (nSPS) is 9.15. The van der Waals surface area contributed by atoms with Crippen molar-refractivity contribution in [1.29, 1.82) is 0 Å². The largest absolute Gasteiger partial charge is 0.400 e. The molecule has 0 heterocycles. The van der Waals surface area contributed by atoms with Crippen LogP contribution in [0, 0.1) is 34.6 Å². The van der Waals surface area contributed by atoms with Crippen LogP contribution in [0.4, 0.5) is 0 Å². The van der Waals surface area contributed by atoms with Gasteiger partial charge in [-0.3, -0.25) is 0 Å². The summed E-state index contributed by atoms with van der Waals surface area (Å²) in [7, 11) is 1.00. The van der Waals surface area contributed by atoms with Crippen molar-refractivity contribution in [2.75, 3.05) is 7.11 Å². The lowest BCUT2D eigenvalue weighted by atomic mass is 9.96. The van der Waals surface area contributed by atoms with Gasteiger partial charge in [0.25, 0.3) is 0 Å². The van der Waals surface area contributed by atoms with Gasteiger partial charge in [0.2, 0.25) is 0 Å². The molecule has 13 heavy (non-hydrogen) atoms. The third kappa shape index (κ3) is 2.56. The number of hydrogen-bond acceptors (Lipinski definition) is 1. The average molecular weight is 180 g/mol. The molecule has 0 amide bonds. The Morgan fingerprint density at radius 1 is 0.692 bits per heavy atom. The van der Waals surface area contributed by atoms with Crippen LogP contribution in [-0.2, 0) is 0 Å². The maximum Gasteiger partial charge on any atom is 0.0319 e. The molecule has 0 saturated carbocycles. The fourth-order valence-electron chi connectivity index (χ4n) is 1.41. The van der Waals surface area contributed by atoms with E-state index >= 15 is 0 Å². The van der Waals surface area contributed by atoms with E-state index in [9.17, 15) is 0 Å². The van der Waals surface area contributed by atoms with E-state index in [0.717, 1.165) is 7.11 Å². The van der Waals surface area contributed by atoms with Gasteiger partial charge in [0.05, 0.1) is 0 Å². The van der Waals surface area contributed by atoms with E-state index in [4.69, 9.17) is 5.11 Å². The van der Waals surface area contributed by atoms with Crippen molar-refractivity contribution < 1.29 is 5.11 Å². The summed E-state index contributed by atoms with van der Waals surface area (Å²) in [5.41, 5.74) is 7.14. The Morgan fingerprint density at radius 3 is 1.31 bits per heavy atom. The third-order valence-electron chi connectivity index (χ3n) is 2.74. The monoisotopic (exact) mass is 180 g/mol. The zero-order valence-corrected chi connectivity index (χ0v) is 9.52. The Bertz CT molecular complexity index is 261. The summed E-state index contributed by atoms with van der Waals surface area (Å²) in [6.45, 7) is 10.9. The van der Waals surface area contributed by atoms with Crippen molar-refractivity contribution in [2.24, 2.45) is 0 Å². The second kappa shape index (κ2) is 5.03. The number of aliphatic hydroxyl groups excluding tert-OH is 1. The van der Waals surface area contributed by atoms with Gasteiger partial charge in [-0.05, 0) is 62.4 Å². The van der Waals surface area contributed by atoms with E-state index < -0.39 is 0 Å². The molecule has 1 rings (SSSR count). The summed E-state index contributed by atoms with van der Waals surface area (Å²) >= 11 is 0. The molecule has 0 fully saturated rings. The maximum absolute atomic E-state index is 7.00. The Hall–Kier alpha value is -0.820. The molecule has 1 heteroatoms. The van der Waals surface area contributed by atoms with Crippen LogP contribution in [0.5, 0.6) is 0 Å². The highest BCUT2D eigenvalue weighted by Gasteiger charge is 2.02. The zero-order valence-electron chi connectivity index (χ0n) is 9.52. The number of aliphatic hydroxyl groups is 1. The molecule has 0 atom stereocenters. The quantitative estimate of drug-likeness (QED) is 0.651. The van der Waals surface area contributed by atoms with Crippen molar-refractivity contribution in [2.45, 2.75) is 34.6 Å².